The van der Waals surface area contributed by atoms with Crippen LogP contribution in [0.3, 0.4) is 0 Å². The van der Waals surface area contributed by atoms with Gasteiger partial charge in [0.15, 0.2) is 6.10 Å². The number of anilines is 1. The van der Waals surface area contributed by atoms with E-state index < -0.39 is 12.0 Å². The standard InChI is InChI=1S/C27H30N2O4/c1-3-18-15-20(4-2)24(32-17-18)23-22-25(33-29(23)21-13-9-6-10-14-21)27(31)28(26(22)30)16-19-11-7-5-8-12-19/h5-14,17,20,22-25H,3-4,15-16H2,1-2H3/t20-,22+,23+,24+,25+/m1/s1. The van der Waals surface area contributed by atoms with E-state index in [-0.39, 0.29) is 36.4 Å². The lowest BCUT2D eigenvalue weighted by molar-refractivity contribution is -0.144. The molecule has 2 fully saturated rings. The van der Waals surface area contributed by atoms with Crippen LogP contribution in [0.15, 0.2) is 72.5 Å². The highest BCUT2D eigenvalue weighted by molar-refractivity contribution is 6.07. The van der Waals surface area contributed by atoms with Crippen LogP contribution in [0.4, 0.5) is 5.69 Å². The summed E-state index contributed by atoms with van der Waals surface area (Å²) in [5.74, 6) is -0.807. The number of carbonyl (C=O) groups is 2. The molecule has 0 aromatic heterocycles. The van der Waals surface area contributed by atoms with Crippen LogP contribution >= 0.6 is 0 Å². The monoisotopic (exact) mass is 446 g/mol. The zero-order valence-corrected chi connectivity index (χ0v) is 19.1. The summed E-state index contributed by atoms with van der Waals surface area (Å²) in [6.07, 6.45) is 3.59. The second-order valence-corrected chi connectivity index (χ2v) is 9.05. The van der Waals surface area contributed by atoms with Gasteiger partial charge in [-0.25, -0.2) is 5.06 Å². The minimum Gasteiger partial charge on any atom is -0.495 e. The van der Waals surface area contributed by atoms with Crippen LogP contribution in [0.1, 0.15) is 38.7 Å². The average Bonchev–Trinajstić information content (AvgIpc) is 3.36. The van der Waals surface area contributed by atoms with Crippen molar-refractivity contribution in [3.8, 4) is 0 Å². The van der Waals surface area contributed by atoms with E-state index in [0.717, 1.165) is 30.5 Å². The van der Waals surface area contributed by atoms with E-state index in [1.54, 1.807) is 5.06 Å². The smallest absolute Gasteiger partial charge is 0.262 e. The lowest BCUT2D eigenvalue weighted by Crippen LogP contribution is -2.50. The van der Waals surface area contributed by atoms with Gasteiger partial charge in [-0.3, -0.25) is 19.3 Å². The van der Waals surface area contributed by atoms with Crippen molar-refractivity contribution in [3.05, 3.63) is 78.1 Å². The van der Waals surface area contributed by atoms with Gasteiger partial charge in [0.05, 0.1) is 18.5 Å². The summed E-state index contributed by atoms with van der Waals surface area (Å²) >= 11 is 0. The van der Waals surface area contributed by atoms with Gasteiger partial charge < -0.3 is 4.74 Å². The van der Waals surface area contributed by atoms with E-state index in [2.05, 4.69) is 13.8 Å². The van der Waals surface area contributed by atoms with Gasteiger partial charge in [0.1, 0.15) is 18.1 Å². The maximum atomic E-state index is 13.7. The van der Waals surface area contributed by atoms with Crippen molar-refractivity contribution < 1.29 is 19.2 Å². The van der Waals surface area contributed by atoms with Gasteiger partial charge in [-0.15, -0.1) is 0 Å². The maximum absolute atomic E-state index is 13.7. The van der Waals surface area contributed by atoms with Crippen molar-refractivity contribution in [3.63, 3.8) is 0 Å². The van der Waals surface area contributed by atoms with Gasteiger partial charge in [0.25, 0.3) is 5.91 Å². The van der Waals surface area contributed by atoms with Crippen molar-refractivity contribution in [2.75, 3.05) is 5.06 Å². The summed E-state index contributed by atoms with van der Waals surface area (Å²) in [6.45, 7) is 4.55. The SMILES string of the molecule is CCC1=CO[C@H]([C@@H]2[C@@H]3C(=O)N(Cc4ccccc4)C(=O)[C@H]3ON2c2ccccc2)[C@H](CC)C1. The highest BCUT2D eigenvalue weighted by Gasteiger charge is 2.62. The number of ether oxygens (including phenoxy) is 1. The van der Waals surface area contributed by atoms with E-state index in [9.17, 15) is 9.59 Å². The molecule has 0 saturated carbocycles. The number of nitrogens with zero attached hydrogens (tertiary/aromatic N) is 2. The highest BCUT2D eigenvalue weighted by atomic mass is 16.7. The lowest BCUT2D eigenvalue weighted by Gasteiger charge is -2.39. The maximum Gasteiger partial charge on any atom is 0.262 e. The normalized spacial score (nSPS) is 29.2. The molecule has 6 nitrogen and oxygen atoms in total. The molecule has 6 heteroatoms. The Kier molecular flexibility index (Phi) is 5.94. The molecule has 2 aromatic carbocycles. The summed E-state index contributed by atoms with van der Waals surface area (Å²) in [6, 6.07) is 18.9. The number of hydrogen-bond acceptors (Lipinski definition) is 5. The third-order valence-electron chi connectivity index (χ3n) is 7.14. The number of imide groups is 1. The lowest BCUT2D eigenvalue weighted by atomic mass is 9.80. The van der Waals surface area contributed by atoms with Gasteiger partial charge in [0, 0.05) is 5.92 Å². The Hall–Kier alpha value is -3.12. The van der Waals surface area contributed by atoms with E-state index in [1.807, 2.05) is 66.9 Å². The van der Waals surface area contributed by atoms with Crippen molar-refractivity contribution >= 4 is 17.5 Å². The summed E-state index contributed by atoms with van der Waals surface area (Å²) in [4.78, 5) is 34.6. The predicted octanol–water partition coefficient (Wildman–Crippen LogP) is 4.47. The molecule has 2 saturated heterocycles. The Bertz CT molecular complexity index is 1040. The fraction of sp³-hybridized carbons (Fsp3) is 0.407. The number of allylic oxidation sites excluding steroid dienone is 1. The minimum absolute atomic E-state index is 0.180. The number of fused-ring (bicyclic) bond motifs is 1. The molecule has 3 aliphatic rings. The number of likely N-dealkylation sites (tertiary alicyclic amines) is 1. The van der Waals surface area contributed by atoms with Crippen LogP contribution in [0.5, 0.6) is 0 Å². The first-order chi connectivity index (χ1) is 16.1. The van der Waals surface area contributed by atoms with Crippen molar-refractivity contribution in [1.29, 1.82) is 0 Å². The Labute approximate surface area is 194 Å². The quantitative estimate of drug-likeness (QED) is 0.613. The Morgan fingerprint density at radius 2 is 1.64 bits per heavy atom. The molecule has 3 heterocycles. The first-order valence-corrected chi connectivity index (χ1v) is 11.9. The molecule has 172 valence electrons. The molecule has 0 N–H and O–H groups in total. The third-order valence-corrected chi connectivity index (χ3v) is 7.14. The summed E-state index contributed by atoms with van der Waals surface area (Å²) in [7, 11) is 0. The number of rotatable bonds is 6. The molecule has 33 heavy (non-hydrogen) atoms. The van der Waals surface area contributed by atoms with E-state index in [0.29, 0.717) is 0 Å². The molecule has 0 radical (unpaired) electrons. The molecule has 5 atom stereocenters. The second-order valence-electron chi connectivity index (χ2n) is 9.05. The largest absolute Gasteiger partial charge is 0.495 e. The fourth-order valence-corrected chi connectivity index (χ4v) is 5.32. The van der Waals surface area contributed by atoms with Crippen molar-refractivity contribution in [2.45, 2.75) is 57.9 Å². The zero-order valence-electron chi connectivity index (χ0n) is 19.1. The molecule has 0 unspecified atom stereocenters. The number of hydroxylamine groups is 1. The summed E-state index contributed by atoms with van der Waals surface area (Å²) in [5.41, 5.74) is 3.03. The summed E-state index contributed by atoms with van der Waals surface area (Å²) in [5, 5.41) is 1.77. The van der Waals surface area contributed by atoms with Gasteiger partial charge in [-0.1, -0.05) is 62.4 Å². The van der Waals surface area contributed by atoms with Gasteiger partial charge >= 0.3 is 0 Å². The molecule has 0 bridgehead atoms. The first-order valence-electron chi connectivity index (χ1n) is 11.9. The van der Waals surface area contributed by atoms with Gasteiger partial charge in [-0.2, -0.15) is 0 Å². The average molecular weight is 447 g/mol. The van der Waals surface area contributed by atoms with Crippen LogP contribution in [0.25, 0.3) is 0 Å². The zero-order chi connectivity index (χ0) is 22.9. The summed E-state index contributed by atoms with van der Waals surface area (Å²) < 4.78 is 6.30. The molecule has 2 aromatic rings. The minimum atomic E-state index is -0.830. The van der Waals surface area contributed by atoms with E-state index in [4.69, 9.17) is 9.57 Å². The Balaban J connectivity index is 1.50. The Morgan fingerprint density at radius 1 is 0.939 bits per heavy atom. The fourth-order valence-electron chi connectivity index (χ4n) is 5.32. The van der Waals surface area contributed by atoms with Gasteiger partial charge in [0.2, 0.25) is 5.91 Å². The number of benzene rings is 2. The molecule has 3 aliphatic heterocycles. The van der Waals surface area contributed by atoms with Crippen LogP contribution in [-0.2, 0) is 25.7 Å². The van der Waals surface area contributed by atoms with Crippen LogP contribution in [0.2, 0.25) is 0 Å². The van der Waals surface area contributed by atoms with Crippen molar-refractivity contribution in [2.24, 2.45) is 11.8 Å². The van der Waals surface area contributed by atoms with Crippen LogP contribution in [0, 0.1) is 11.8 Å². The van der Waals surface area contributed by atoms with Crippen LogP contribution < -0.4 is 5.06 Å². The Morgan fingerprint density at radius 3 is 2.30 bits per heavy atom. The first kappa shape index (κ1) is 21.7. The molecule has 0 aliphatic carbocycles. The van der Waals surface area contributed by atoms with Gasteiger partial charge in [-0.05, 0) is 42.5 Å². The van der Waals surface area contributed by atoms with E-state index in [1.165, 1.54) is 10.5 Å². The number of para-hydroxylation sites is 1. The molecule has 0 spiro atoms. The molecular weight excluding hydrogens is 416 g/mol. The molecule has 5 rings (SSSR count). The number of amides is 2. The topological polar surface area (TPSA) is 59.1 Å². The number of hydrogen-bond donors (Lipinski definition) is 0. The molecular formula is C27H30N2O4. The number of carbonyl (C=O) groups excluding carboxylic acids is 2. The second kappa shape index (κ2) is 9.02. The predicted molar refractivity (Wildman–Crippen MR) is 125 cm³/mol. The van der Waals surface area contributed by atoms with Crippen molar-refractivity contribution in [1.82, 2.24) is 4.90 Å². The van der Waals surface area contributed by atoms with E-state index >= 15 is 0 Å². The highest BCUT2D eigenvalue weighted by Crippen LogP contribution is 2.44. The van der Waals surface area contributed by atoms with Crippen LogP contribution in [-0.4, -0.2) is 35.0 Å². The molecule has 2 amide bonds. The third kappa shape index (κ3) is 3.82.